The SMILES string of the molecule is Cc1cc(C2CCCCC2)c(O)c(-n2nc3ccccc3n2)c1.[HH]. The predicted molar refractivity (Wildman–Crippen MR) is 93.2 cm³/mol. The van der Waals surface area contributed by atoms with Gasteiger partial charge in [-0.15, -0.1) is 15.0 Å². The van der Waals surface area contributed by atoms with Crippen molar-refractivity contribution in [1.82, 2.24) is 15.0 Å². The van der Waals surface area contributed by atoms with E-state index in [1.165, 1.54) is 19.3 Å². The van der Waals surface area contributed by atoms with Crippen molar-refractivity contribution in [2.45, 2.75) is 44.9 Å². The maximum atomic E-state index is 10.8. The first-order chi connectivity index (χ1) is 11.2. The average Bonchev–Trinajstić information content (AvgIpc) is 3.01. The number of rotatable bonds is 2. The van der Waals surface area contributed by atoms with Gasteiger partial charge in [-0.05, 0) is 55.0 Å². The molecule has 0 aliphatic heterocycles. The smallest absolute Gasteiger partial charge is 0.146 e. The Morgan fingerprint density at radius 1 is 1.04 bits per heavy atom. The van der Waals surface area contributed by atoms with Crippen molar-refractivity contribution in [3.63, 3.8) is 0 Å². The molecular formula is C19H23N3O. The van der Waals surface area contributed by atoms with Crippen molar-refractivity contribution in [2.75, 3.05) is 0 Å². The van der Waals surface area contributed by atoms with Gasteiger partial charge in [-0.25, -0.2) is 0 Å². The van der Waals surface area contributed by atoms with E-state index in [0.717, 1.165) is 35.0 Å². The molecule has 4 nitrogen and oxygen atoms in total. The van der Waals surface area contributed by atoms with Crippen LogP contribution in [0, 0.1) is 6.92 Å². The Kier molecular flexibility index (Phi) is 3.52. The zero-order valence-electron chi connectivity index (χ0n) is 13.4. The lowest BCUT2D eigenvalue weighted by atomic mass is 9.83. The molecule has 0 bridgehead atoms. The highest BCUT2D eigenvalue weighted by atomic mass is 16.3. The first-order valence-electron chi connectivity index (χ1n) is 8.38. The number of aromatic nitrogens is 3. The number of hydrogen-bond donors (Lipinski definition) is 1. The number of aromatic hydroxyl groups is 1. The molecule has 120 valence electrons. The third-order valence-corrected chi connectivity index (χ3v) is 4.81. The van der Waals surface area contributed by atoms with E-state index in [1.807, 2.05) is 30.3 Å². The number of benzene rings is 2. The number of nitrogens with zero attached hydrogens (tertiary/aromatic N) is 3. The highest BCUT2D eigenvalue weighted by Crippen LogP contribution is 2.40. The van der Waals surface area contributed by atoms with Crippen LogP contribution in [0.2, 0.25) is 0 Å². The molecule has 1 N–H and O–H groups in total. The van der Waals surface area contributed by atoms with E-state index in [0.29, 0.717) is 17.4 Å². The number of aryl methyl sites for hydroxylation is 1. The Morgan fingerprint density at radius 2 is 1.70 bits per heavy atom. The van der Waals surface area contributed by atoms with Gasteiger partial charge in [-0.2, -0.15) is 0 Å². The van der Waals surface area contributed by atoms with Gasteiger partial charge in [-0.3, -0.25) is 0 Å². The van der Waals surface area contributed by atoms with E-state index in [-0.39, 0.29) is 1.43 Å². The third kappa shape index (κ3) is 2.58. The summed E-state index contributed by atoms with van der Waals surface area (Å²) in [6.07, 6.45) is 6.12. The topological polar surface area (TPSA) is 50.9 Å². The summed E-state index contributed by atoms with van der Waals surface area (Å²) in [5.41, 5.74) is 4.56. The van der Waals surface area contributed by atoms with Crippen LogP contribution < -0.4 is 0 Å². The molecule has 2 aromatic carbocycles. The van der Waals surface area contributed by atoms with E-state index in [4.69, 9.17) is 0 Å². The number of fused-ring (bicyclic) bond motifs is 1. The molecule has 0 unspecified atom stereocenters. The van der Waals surface area contributed by atoms with Gasteiger partial charge in [0.15, 0.2) is 0 Å². The second-order valence-electron chi connectivity index (χ2n) is 6.53. The van der Waals surface area contributed by atoms with Gasteiger partial charge in [0.1, 0.15) is 22.5 Å². The zero-order chi connectivity index (χ0) is 15.8. The standard InChI is InChI=1S/C19H21N3O.H2/c1-13-11-15(14-7-3-2-4-8-14)19(23)18(12-13)22-20-16-9-5-6-10-17(16)21-22;/h5-6,9-12,14,23H,2-4,7-8H2,1H3;1H. The van der Waals surface area contributed by atoms with Crippen molar-refractivity contribution in [3.05, 3.63) is 47.5 Å². The first kappa shape index (κ1) is 14.2. The Balaban J connectivity index is 0.00000169. The highest BCUT2D eigenvalue weighted by molar-refractivity contribution is 5.73. The largest absolute Gasteiger partial charge is 0.505 e. The first-order valence-corrected chi connectivity index (χ1v) is 8.38. The highest BCUT2D eigenvalue weighted by Gasteiger charge is 2.22. The zero-order valence-corrected chi connectivity index (χ0v) is 13.4. The van der Waals surface area contributed by atoms with Gasteiger partial charge in [0.05, 0.1) is 0 Å². The van der Waals surface area contributed by atoms with Crippen molar-refractivity contribution < 1.29 is 6.53 Å². The van der Waals surface area contributed by atoms with E-state index in [9.17, 15) is 5.11 Å². The van der Waals surface area contributed by atoms with Gasteiger partial charge in [0, 0.05) is 1.43 Å². The van der Waals surface area contributed by atoms with Gasteiger partial charge >= 0.3 is 0 Å². The average molecular weight is 309 g/mol. The molecule has 1 heterocycles. The third-order valence-electron chi connectivity index (χ3n) is 4.81. The summed E-state index contributed by atoms with van der Waals surface area (Å²) >= 11 is 0. The fourth-order valence-corrected chi connectivity index (χ4v) is 3.63. The molecule has 0 spiro atoms. The molecule has 1 fully saturated rings. The minimum absolute atomic E-state index is 0. The van der Waals surface area contributed by atoms with Crippen LogP contribution in [0.5, 0.6) is 5.75 Å². The van der Waals surface area contributed by atoms with Crippen molar-refractivity contribution in [1.29, 1.82) is 0 Å². The maximum Gasteiger partial charge on any atom is 0.146 e. The maximum absolute atomic E-state index is 10.8. The van der Waals surface area contributed by atoms with Crippen LogP contribution in [-0.4, -0.2) is 20.1 Å². The Labute approximate surface area is 137 Å². The lowest BCUT2D eigenvalue weighted by Crippen LogP contribution is -2.08. The van der Waals surface area contributed by atoms with E-state index in [2.05, 4.69) is 23.2 Å². The summed E-state index contributed by atoms with van der Waals surface area (Å²) in [6, 6.07) is 11.9. The quantitative estimate of drug-likeness (QED) is 0.744. The summed E-state index contributed by atoms with van der Waals surface area (Å²) in [6.45, 7) is 2.07. The molecule has 1 aliphatic rings. The van der Waals surface area contributed by atoms with E-state index >= 15 is 0 Å². The molecule has 23 heavy (non-hydrogen) atoms. The molecule has 4 heteroatoms. The Hall–Kier alpha value is -2.36. The molecule has 4 rings (SSSR count). The monoisotopic (exact) mass is 309 g/mol. The summed E-state index contributed by atoms with van der Waals surface area (Å²) in [5, 5.41) is 19.9. The second kappa shape index (κ2) is 5.69. The van der Waals surface area contributed by atoms with Crippen LogP contribution in [0.25, 0.3) is 16.7 Å². The molecule has 1 aliphatic carbocycles. The lowest BCUT2D eigenvalue weighted by molar-refractivity contribution is 0.411. The van der Waals surface area contributed by atoms with Gasteiger partial charge in [0.2, 0.25) is 0 Å². The van der Waals surface area contributed by atoms with Gasteiger partial charge in [-0.1, -0.05) is 37.5 Å². The minimum Gasteiger partial charge on any atom is -0.505 e. The number of phenolic OH excluding ortho intramolecular Hbond substituents is 1. The fourth-order valence-electron chi connectivity index (χ4n) is 3.63. The van der Waals surface area contributed by atoms with Crippen LogP contribution >= 0.6 is 0 Å². The molecule has 1 aromatic heterocycles. The number of phenols is 1. The minimum atomic E-state index is 0. The van der Waals surface area contributed by atoms with E-state index in [1.54, 1.807) is 4.80 Å². The second-order valence-corrected chi connectivity index (χ2v) is 6.53. The van der Waals surface area contributed by atoms with Crippen LogP contribution in [-0.2, 0) is 0 Å². The van der Waals surface area contributed by atoms with Crippen molar-refractivity contribution in [3.8, 4) is 11.4 Å². The number of hydrogen-bond acceptors (Lipinski definition) is 3. The van der Waals surface area contributed by atoms with E-state index < -0.39 is 0 Å². The normalized spacial score (nSPS) is 16.0. The van der Waals surface area contributed by atoms with Gasteiger partial charge in [0.25, 0.3) is 0 Å². The summed E-state index contributed by atoms with van der Waals surface area (Å²) in [7, 11) is 0. The summed E-state index contributed by atoms with van der Waals surface area (Å²) < 4.78 is 0. The lowest BCUT2D eigenvalue weighted by Gasteiger charge is -2.24. The van der Waals surface area contributed by atoms with Crippen LogP contribution in [0.4, 0.5) is 0 Å². The van der Waals surface area contributed by atoms with Crippen molar-refractivity contribution in [2.24, 2.45) is 0 Å². The molecular weight excluding hydrogens is 286 g/mol. The molecule has 1 saturated carbocycles. The summed E-state index contributed by atoms with van der Waals surface area (Å²) in [4.78, 5) is 1.57. The predicted octanol–water partition coefficient (Wildman–Crippen LogP) is 4.73. The molecule has 0 atom stereocenters. The summed E-state index contributed by atoms with van der Waals surface area (Å²) in [5.74, 6) is 0.787. The van der Waals surface area contributed by atoms with Crippen LogP contribution in [0.1, 0.15) is 50.6 Å². The van der Waals surface area contributed by atoms with Crippen LogP contribution in [0.15, 0.2) is 36.4 Å². The molecule has 0 saturated heterocycles. The van der Waals surface area contributed by atoms with Gasteiger partial charge < -0.3 is 5.11 Å². The molecule has 0 amide bonds. The fraction of sp³-hybridized carbons (Fsp3) is 0.368. The Morgan fingerprint density at radius 3 is 2.35 bits per heavy atom. The van der Waals surface area contributed by atoms with Crippen LogP contribution in [0.3, 0.4) is 0 Å². The Bertz CT molecular complexity index is 820. The van der Waals surface area contributed by atoms with Crippen molar-refractivity contribution >= 4 is 11.0 Å². The molecule has 3 aromatic rings. The molecule has 0 radical (unpaired) electrons.